The van der Waals surface area contributed by atoms with Crippen molar-refractivity contribution in [1.82, 2.24) is 15.0 Å². The Balaban J connectivity index is 1.97. The Morgan fingerprint density at radius 3 is 2.14 bits per heavy atom. The molecule has 0 aliphatic rings. The third-order valence-electron chi connectivity index (χ3n) is 4.08. The predicted octanol–water partition coefficient (Wildman–Crippen LogP) is 2.24. The third-order valence-corrected chi connectivity index (χ3v) is 4.08. The largest absolute Gasteiger partial charge is 0.504 e. The van der Waals surface area contributed by atoms with Crippen LogP contribution in [0.4, 0.5) is 0 Å². The highest BCUT2D eigenvalue weighted by molar-refractivity contribution is 6.08. The van der Waals surface area contributed by atoms with E-state index in [0.29, 0.717) is 28.5 Å². The topological polar surface area (TPSA) is 105 Å². The Hall–Kier alpha value is -3.75. The van der Waals surface area contributed by atoms with Gasteiger partial charge >= 0.3 is 0 Å². The van der Waals surface area contributed by atoms with Crippen molar-refractivity contribution in [3.8, 4) is 34.4 Å². The van der Waals surface area contributed by atoms with Gasteiger partial charge in [0.15, 0.2) is 28.7 Å². The number of hydrogen-bond acceptors (Lipinski definition) is 8. The van der Waals surface area contributed by atoms with E-state index >= 15 is 0 Å². The van der Waals surface area contributed by atoms with Gasteiger partial charge < -0.3 is 24.1 Å². The van der Waals surface area contributed by atoms with E-state index in [1.54, 1.807) is 24.3 Å². The van der Waals surface area contributed by atoms with Crippen molar-refractivity contribution < 1.29 is 28.8 Å². The molecule has 3 rings (SSSR count). The van der Waals surface area contributed by atoms with Crippen LogP contribution in [0, 0.1) is 0 Å². The lowest BCUT2D eigenvalue weighted by Gasteiger charge is -2.13. The van der Waals surface area contributed by atoms with Crippen LogP contribution >= 0.6 is 0 Å². The molecule has 1 aromatic heterocycles. The number of carbonyl (C=O) groups is 1. The maximum absolute atomic E-state index is 12.9. The van der Waals surface area contributed by atoms with E-state index in [1.807, 2.05) is 0 Å². The molecule has 0 aliphatic carbocycles. The first-order chi connectivity index (χ1) is 13.5. The molecule has 2 aromatic carbocycles. The zero-order chi connectivity index (χ0) is 20.3. The number of hydrogen-bond donors (Lipinski definition) is 1. The lowest BCUT2D eigenvalue weighted by Crippen LogP contribution is -2.04. The Kier molecular flexibility index (Phi) is 5.35. The summed E-state index contributed by atoms with van der Waals surface area (Å²) in [6.45, 7) is 0. The van der Waals surface area contributed by atoms with Crippen LogP contribution in [-0.4, -0.2) is 54.3 Å². The Bertz CT molecular complexity index is 990. The van der Waals surface area contributed by atoms with Crippen LogP contribution < -0.4 is 18.9 Å². The third kappa shape index (κ3) is 3.41. The van der Waals surface area contributed by atoms with E-state index in [0.717, 1.165) is 0 Å². The zero-order valence-electron chi connectivity index (χ0n) is 15.8. The zero-order valence-corrected chi connectivity index (χ0v) is 15.8. The molecule has 0 fully saturated rings. The molecule has 0 spiro atoms. The van der Waals surface area contributed by atoms with E-state index in [-0.39, 0.29) is 23.0 Å². The summed E-state index contributed by atoms with van der Waals surface area (Å²) in [4.78, 5) is 12.9. The van der Waals surface area contributed by atoms with Gasteiger partial charge in [-0.2, -0.15) is 0 Å². The standard InChI is InChI=1S/C19H19N3O6/c1-25-15-9-12(5-6-14(15)23)22-10-13(20-21-22)18(24)11-7-16(26-2)19(28-4)17(8-11)27-3/h5-10,23H,1-4H3. The Morgan fingerprint density at radius 2 is 1.57 bits per heavy atom. The van der Waals surface area contributed by atoms with Gasteiger partial charge in [0.1, 0.15) is 0 Å². The average molecular weight is 385 g/mol. The van der Waals surface area contributed by atoms with E-state index in [9.17, 15) is 9.90 Å². The first-order valence-corrected chi connectivity index (χ1v) is 8.16. The molecule has 0 saturated carbocycles. The molecule has 0 aliphatic heterocycles. The van der Waals surface area contributed by atoms with Crippen LogP contribution in [0.2, 0.25) is 0 Å². The van der Waals surface area contributed by atoms with Gasteiger partial charge in [0.25, 0.3) is 0 Å². The molecule has 0 atom stereocenters. The summed E-state index contributed by atoms with van der Waals surface area (Å²) >= 11 is 0. The van der Waals surface area contributed by atoms with Gasteiger partial charge in [-0.05, 0) is 24.3 Å². The normalized spacial score (nSPS) is 10.4. The van der Waals surface area contributed by atoms with Gasteiger partial charge in [0, 0.05) is 11.6 Å². The number of ether oxygens (including phenoxy) is 4. The minimum absolute atomic E-state index is 0.0000815. The highest BCUT2D eigenvalue weighted by Gasteiger charge is 2.20. The average Bonchev–Trinajstić information content (AvgIpc) is 3.22. The van der Waals surface area contributed by atoms with Crippen LogP contribution in [0.25, 0.3) is 5.69 Å². The second kappa shape index (κ2) is 7.87. The van der Waals surface area contributed by atoms with Crippen LogP contribution in [0.3, 0.4) is 0 Å². The number of aromatic hydroxyl groups is 1. The second-order valence-electron chi connectivity index (χ2n) is 5.65. The minimum atomic E-state index is -0.365. The molecule has 0 saturated heterocycles. The monoisotopic (exact) mass is 385 g/mol. The van der Waals surface area contributed by atoms with Crippen molar-refractivity contribution in [3.05, 3.63) is 47.8 Å². The highest BCUT2D eigenvalue weighted by Crippen LogP contribution is 2.38. The quantitative estimate of drug-likeness (QED) is 0.618. The molecule has 146 valence electrons. The number of carbonyl (C=O) groups excluding carboxylic acids is 1. The summed E-state index contributed by atoms with van der Waals surface area (Å²) in [5, 5.41) is 17.6. The van der Waals surface area contributed by atoms with Gasteiger partial charge in [-0.15, -0.1) is 5.10 Å². The number of rotatable bonds is 7. The summed E-state index contributed by atoms with van der Waals surface area (Å²) in [6, 6.07) is 7.77. The molecule has 9 nitrogen and oxygen atoms in total. The van der Waals surface area contributed by atoms with Crippen LogP contribution in [0.5, 0.6) is 28.7 Å². The number of methoxy groups -OCH3 is 4. The fourth-order valence-electron chi connectivity index (χ4n) is 2.66. The molecule has 3 aromatic rings. The SMILES string of the molecule is COc1cc(-n2cc(C(=O)c3cc(OC)c(OC)c(OC)c3)nn2)ccc1O. The van der Waals surface area contributed by atoms with E-state index in [1.165, 1.54) is 45.4 Å². The Morgan fingerprint density at radius 1 is 0.929 bits per heavy atom. The van der Waals surface area contributed by atoms with Gasteiger partial charge in [0.2, 0.25) is 11.5 Å². The maximum atomic E-state index is 12.9. The van der Waals surface area contributed by atoms with Crippen molar-refractivity contribution in [2.24, 2.45) is 0 Å². The van der Waals surface area contributed by atoms with Gasteiger partial charge in [0.05, 0.1) is 40.3 Å². The number of nitrogens with zero attached hydrogens (tertiary/aromatic N) is 3. The van der Waals surface area contributed by atoms with Crippen LogP contribution in [-0.2, 0) is 0 Å². The minimum Gasteiger partial charge on any atom is -0.504 e. The summed E-state index contributed by atoms with van der Waals surface area (Å²) in [5.74, 6) is 1.03. The predicted molar refractivity (Wildman–Crippen MR) is 99.1 cm³/mol. The number of ketones is 1. The van der Waals surface area contributed by atoms with Crippen molar-refractivity contribution in [3.63, 3.8) is 0 Å². The van der Waals surface area contributed by atoms with Gasteiger partial charge in [-0.1, -0.05) is 5.21 Å². The first-order valence-electron chi connectivity index (χ1n) is 8.16. The molecule has 0 amide bonds. The number of phenolic OH excluding ortho intramolecular Hbond substituents is 1. The smallest absolute Gasteiger partial charge is 0.215 e. The van der Waals surface area contributed by atoms with E-state index in [4.69, 9.17) is 18.9 Å². The fraction of sp³-hybridized carbons (Fsp3) is 0.211. The molecular weight excluding hydrogens is 366 g/mol. The summed E-state index contributed by atoms with van der Waals surface area (Å²) in [7, 11) is 5.87. The maximum Gasteiger partial charge on any atom is 0.215 e. The van der Waals surface area contributed by atoms with Crippen molar-refractivity contribution in [1.29, 1.82) is 0 Å². The lowest BCUT2D eigenvalue weighted by atomic mass is 10.1. The first kappa shape index (κ1) is 19.0. The van der Waals surface area contributed by atoms with Crippen molar-refractivity contribution in [2.75, 3.05) is 28.4 Å². The summed E-state index contributed by atoms with van der Waals surface area (Å²) in [5.41, 5.74) is 1.01. The number of benzene rings is 2. The summed E-state index contributed by atoms with van der Waals surface area (Å²) < 4.78 is 22.3. The van der Waals surface area contributed by atoms with Gasteiger partial charge in [-0.3, -0.25) is 4.79 Å². The summed E-state index contributed by atoms with van der Waals surface area (Å²) in [6.07, 6.45) is 1.48. The molecule has 0 radical (unpaired) electrons. The lowest BCUT2D eigenvalue weighted by molar-refractivity contribution is 0.103. The van der Waals surface area contributed by atoms with E-state index < -0.39 is 0 Å². The highest BCUT2D eigenvalue weighted by atomic mass is 16.5. The molecule has 1 N–H and O–H groups in total. The van der Waals surface area contributed by atoms with Crippen LogP contribution in [0.15, 0.2) is 36.5 Å². The van der Waals surface area contributed by atoms with Crippen molar-refractivity contribution in [2.45, 2.75) is 0 Å². The molecule has 0 bridgehead atoms. The van der Waals surface area contributed by atoms with Gasteiger partial charge in [-0.25, -0.2) is 4.68 Å². The second-order valence-corrected chi connectivity index (χ2v) is 5.65. The molecule has 9 heteroatoms. The molecule has 1 heterocycles. The fourth-order valence-corrected chi connectivity index (χ4v) is 2.66. The number of phenols is 1. The van der Waals surface area contributed by atoms with Crippen molar-refractivity contribution >= 4 is 5.78 Å². The Labute approximate surface area is 161 Å². The molecule has 28 heavy (non-hydrogen) atoms. The molecular formula is C19H19N3O6. The van der Waals surface area contributed by atoms with Crippen LogP contribution in [0.1, 0.15) is 16.1 Å². The molecule has 0 unspecified atom stereocenters. The van der Waals surface area contributed by atoms with E-state index in [2.05, 4.69) is 10.3 Å². The number of aromatic nitrogens is 3.